The normalized spacial score (nSPS) is 18.3. The average Bonchev–Trinajstić information content (AvgIpc) is 2.84. The minimum atomic E-state index is -3.67. The molecule has 0 atom stereocenters. The van der Waals surface area contributed by atoms with E-state index in [1.807, 2.05) is 24.3 Å². The number of hydrogen-bond acceptors (Lipinski definition) is 6. The maximum atomic E-state index is 13.0. The minimum absolute atomic E-state index is 0.0971. The van der Waals surface area contributed by atoms with Gasteiger partial charge in [-0.3, -0.25) is 10.0 Å². The van der Waals surface area contributed by atoms with Gasteiger partial charge in [0.1, 0.15) is 0 Å². The number of carbonyl (C=O) groups excluding carboxylic acids is 1. The van der Waals surface area contributed by atoms with Gasteiger partial charge in [0.15, 0.2) is 0 Å². The van der Waals surface area contributed by atoms with Crippen LogP contribution in [0.1, 0.15) is 6.42 Å². The molecule has 0 aromatic heterocycles. The van der Waals surface area contributed by atoms with E-state index >= 15 is 0 Å². The quantitative estimate of drug-likeness (QED) is 0.528. The standard InChI is InChI=1S/C23H28N4O4S/c1-25-13-15-26(16-14-25)21-4-2-3-20(17-21)18-5-7-22(8-6-18)32(30,31)27-11-9-19(10-12-27)23(28)24-29/h2-9,17,29H,10-16H2,1H3,(H,24,28). The Kier molecular flexibility index (Phi) is 6.61. The molecule has 2 aromatic carbocycles. The molecule has 0 unspecified atom stereocenters. The van der Waals surface area contributed by atoms with Gasteiger partial charge in [-0.2, -0.15) is 4.31 Å². The lowest BCUT2D eigenvalue weighted by Crippen LogP contribution is -2.44. The van der Waals surface area contributed by atoms with Crippen molar-refractivity contribution in [3.8, 4) is 11.1 Å². The first kappa shape index (κ1) is 22.5. The Labute approximate surface area is 188 Å². The molecule has 0 radical (unpaired) electrons. The predicted molar refractivity (Wildman–Crippen MR) is 123 cm³/mol. The Balaban J connectivity index is 1.49. The predicted octanol–water partition coefficient (Wildman–Crippen LogP) is 1.93. The Morgan fingerprint density at radius 1 is 0.969 bits per heavy atom. The highest BCUT2D eigenvalue weighted by Gasteiger charge is 2.27. The summed E-state index contributed by atoms with van der Waals surface area (Å²) in [6.07, 6.45) is 1.79. The SMILES string of the molecule is CN1CCN(c2cccc(-c3ccc(S(=O)(=O)N4CC=C(C(=O)NO)CC4)cc3)c2)CC1. The summed E-state index contributed by atoms with van der Waals surface area (Å²) in [5.74, 6) is -0.592. The maximum Gasteiger partial charge on any atom is 0.270 e. The maximum absolute atomic E-state index is 13.0. The van der Waals surface area contributed by atoms with Crippen LogP contribution in [-0.4, -0.2) is 75.1 Å². The van der Waals surface area contributed by atoms with Gasteiger partial charge in [0.2, 0.25) is 10.0 Å². The van der Waals surface area contributed by atoms with E-state index in [-0.39, 0.29) is 24.4 Å². The smallest absolute Gasteiger partial charge is 0.270 e. The first-order chi connectivity index (χ1) is 15.4. The van der Waals surface area contributed by atoms with Crippen LogP contribution in [0.3, 0.4) is 0 Å². The van der Waals surface area contributed by atoms with E-state index in [0.717, 1.165) is 37.3 Å². The Morgan fingerprint density at radius 3 is 2.31 bits per heavy atom. The number of rotatable bonds is 5. The van der Waals surface area contributed by atoms with Gasteiger partial charge in [0.25, 0.3) is 5.91 Å². The minimum Gasteiger partial charge on any atom is -0.369 e. The molecule has 0 spiro atoms. The van der Waals surface area contributed by atoms with E-state index in [1.165, 1.54) is 16.1 Å². The van der Waals surface area contributed by atoms with Crippen molar-refractivity contribution in [1.29, 1.82) is 0 Å². The molecule has 2 heterocycles. The van der Waals surface area contributed by atoms with Gasteiger partial charge in [-0.05, 0) is 48.9 Å². The van der Waals surface area contributed by atoms with E-state index in [0.29, 0.717) is 5.57 Å². The van der Waals surface area contributed by atoms with Crippen LogP contribution >= 0.6 is 0 Å². The molecule has 2 aliphatic rings. The fraction of sp³-hybridized carbons (Fsp3) is 0.348. The molecule has 32 heavy (non-hydrogen) atoms. The summed E-state index contributed by atoms with van der Waals surface area (Å²) in [6.45, 7) is 4.34. The van der Waals surface area contributed by atoms with Crippen LogP contribution in [-0.2, 0) is 14.8 Å². The van der Waals surface area contributed by atoms with Crippen LogP contribution in [0.5, 0.6) is 0 Å². The summed E-state index contributed by atoms with van der Waals surface area (Å²) in [6, 6.07) is 15.3. The first-order valence-electron chi connectivity index (χ1n) is 10.7. The molecule has 2 N–H and O–H groups in total. The monoisotopic (exact) mass is 456 g/mol. The van der Waals surface area contributed by atoms with E-state index in [4.69, 9.17) is 5.21 Å². The number of hydroxylamine groups is 1. The summed E-state index contributed by atoms with van der Waals surface area (Å²) in [7, 11) is -1.53. The van der Waals surface area contributed by atoms with Gasteiger partial charge in [0, 0.05) is 50.5 Å². The molecule has 0 bridgehead atoms. The molecule has 0 saturated carbocycles. The van der Waals surface area contributed by atoms with Gasteiger partial charge in [-0.1, -0.05) is 30.3 Å². The van der Waals surface area contributed by atoms with Crippen molar-refractivity contribution in [2.24, 2.45) is 0 Å². The van der Waals surface area contributed by atoms with Gasteiger partial charge >= 0.3 is 0 Å². The number of piperazine rings is 1. The second kappa shape index (κ2) is 9.41. The van der Waals surface area contributed by atoms with Crippen LogP contribution in [0.4, 0.5) is 5.69 Å². The third-order valence-corrected chi connectivity index (χ3v) is 7.98. The molecule has 9 heteroatoms. The van der Waals surface area contributed by atoms with Crippen molar-refractivity contribution in [2.75, 3.05) is 51.2 Å². The lowest BCUT2D eigenvalue weighted by Gasteiger charge is -2.34. The summed E-state index contributed by atoms with van der Waals surface area (Å²) < 4.78 is 27.3. The molecule has 2 aliphatic heterocycles. The zero-order valence-corrected chi connectivity index (χ0v) is 18.9. The topological polar surface area (TPSA) is 93.2 Å². The van der Waals surface area contributed by atoms with E-state index < -0.39 is 15.9 Å². The Hall–Kier alpha value is -2.72. The number of anilines is 1. The van der Waals surface area contributed by atoms with Crippen LogP contribution in [0, 0.1) is 0 Å². The van der Waals surface area contributed by atoms with Crippen molar-refractivity contribution in [1.82, 2.24) is 14.7 Å². The van der Waals surface area contributed by atoms with Crippen LogP contribution < -0.4 is 10.4 Å². The molecule has 1 fully saturated rings. The molecular weight excluding hydrogens is 428 g/mol. The molecule has 170 valence electrons. The number of amides is 1. The highest BCUT2D eigenvalue weighted by molar-refractivity contribution is 7.89. The molecular formula is C23H28N4O4S. The van der Waals surface area contributed by atoms with Crippen LogP contribution in [0.15, 0.2) is 65.1 Å². The number of likely N-dealkylation sites (N-methyl/N-ethyl adjacent to an activating group) is 1. The molecule has 1 saturated heterocycles. The van der Waals surface area contributed by atoms with Crippen LogP contribution in [0.25, 0.3) is 11.1 Å². The van der Waals surface area contributed by atoms with Crippen molar-refractivity contribution < 1.29 is 18.4 Å². The molecule has 2 aromatic rings. The van der Waals surface area contributed by atoms with E-state index in [1.54, 1.807) is 17.6 Å². The van der Waals surface area contributed by atoms with Crippen molar-refractivity contribution in [3.05, 3.63) is 60.2 Å². The second-order valence-corrected chi connectivity index (χ2v) is 10.1. The second-order valence-electron chi connectivity index (χ2n) is 8.15. The first-order valence-corrected chi connectivity index (χ1v) is 12.1. The fourth-order valence-electron chi connectivity index (χ4n) is 4.06. The third-order valence-electron chi connectivity index (χ3n) is 6.11. The number of nitrogens with zero attached hydrogens (tertiary/aromatic N) is 3. The number of carbonyl (C=O) groups is 1. The van der Waals surface area contributed by atoms with Crippen molar-refractivity contribution in [3.63, 3.8) is 0 Å². The third kappa shape index (κ3) is 4.71. The highest BCUT2D eigenvalue weighted by Crippen LogP contribution is 2.28. The largest absolute Gasteiger partial charge is 0.369 e. The summed E-state index contributed by atoms with van der Waals surface area (Å²) in [4.78, 5) is 16.4. The van der Waals surface area contributed by atoms with Gasteiger partial charge < -0.3 is 9.80 Å². The molecule has 0 aliphatic carbocycles. The van der Waals surface area contributed by atoms with Gasteiger partial charge in [-0.25, -0.2) is 13.9 Å². The zero-order valence-electron chi connectivity index (χ0n) is 18.1. The zero-order chi connectivity index (χ0) is 22.7. The highest BCUT2D eigenvalue weighted by atomic mass is 32.2. The van der Waals surface area contributed by atoms with Gasteiger partial charge in [0.05, 0.1) is 4.90 Å². The number of hydrogen-bond donors (Lipinski definition) is 2. The van der Waals surface area contributed by atoms with Crippen molar-refractivity contribution in [2.45, 2.75) is 11.3 Å². The van der Waals surface area contributed by atoms with E-state index in [9.17, 15) is 13.2 Å². The summed E-state index contributed by atoms with van der Waals surface area (Å²) in [5.41, 5.74) is 5.15. The lowest BCUT2D eigenvalue weighted by molar-refractivity contribution is -0.125. The van der Waals surface area contributed by atoms with Crippen LogP contribution in [0.2, 0.25) is 0 Å². The average molecular weight is 457 g/mol. The van der Waals surface area contributed by atoms with Gasteiger partial charge in [-0.15, -0.1) is 0 Å². The number of sulfonamides is 1. The molecule has 8 nitrogen and oxygen atoms in total. The number of nitrogens with one attached hydrogen (secondary N) is 1. The molecule has 4 rings (SSSR count). The summed E-state index contributed by atoms with van der Waals surface area (Å²) in [5, 5.41) is 8.74. The molecule has 1 amide bonds. The summed E-state index contributed by atoms with van der Waals surface area (Å²) >= 11 is 0. The van der Waals surface area contributed by atoms with E-state index in [2.05, 4.69) is 29.0 Å². The number of benzene rings is 2. The lowest BCUT2D eigenvalue weighted by atomic mass is 10.0. The Morgan fingerprint density at radius 2 is 1.69 bits per heavy atom. The Bertz CT molecular complexity index is 1110. The fourth-order valence-corrected chi connectivity index (χ4v) is 5.44. The van der Waals surface area contributed by atoms with Crippen molar-refractivity contribution >= 4 is 21.6 Å².